The molecule has 1 rings (SSSR count). The second-order valence-electron chi connectivity index (χ2n) is 4.44. The third-order valence-electron chi connectivity index (χ3n) is 3.03. The van der Waals surface area contributed by atoms with Gasteiger partial charge in [-0.2, -0.15) is 0 Å². The fraction of sp³-hybridized carbons (Fsp3) is 0.500. The number of aliphatic carboxylic acids is 1. The SMILES string of the molecule is CCC(CNc1ncc([N+](=O)[O-])c(C)c1Br)CC(=O)O. The van der Waals surface area contributed by atoms with E-state index in [0.29, 0.717) is 22.4 Å². The summed E-state index contributed by atoms with van der Waals surface area (Å²) in [5.41, 5.74) is 0.429. The summed E-state index contributed by atoms with van der Waals surface area (Å²) in [5.74, 6) is -0.376. The highest BCUT2D eigenvalue weighted by atomic mass is 79.9. The molecular weight excluding hydrogens is 330 g/mol. The molecular formula is C12H16BrN3O4. The summed E-state index contributed by atoms with van der Waals surface area (Å²) in [6.45, 7) is 3.99. The summed E-state index contributed by atoms with van der Waals surface area (Å²) in [6, 6.07) is 0. The number of carboxylic acids is 1. The van der Waals surface area contributed by atoms with E-state index in [0.717, 1.165) is 6.42 Å². The number of anilines is 1. The first kappa shape index (κ1) is 16.4. The van der Waals surface area contributed by atoms with E-state index in [1.807, 2.05) is 6.92 Å². The molecule has 2 N–H and O–H groups in total. The van der Waals surface area contributed by atoms with Crippen LogP contribution in [0.1, 0.15) is 25.3 Å². The summed E-state index contributed by atoms with van der Waals surface area (Å²) >= 11 is 3.28. The zero-order valence-electron chi connectivity index (χ0n) is 11.2. The van der Waals surface area contributed by atoms with Gasteiger partial charge in [-0.25, -0.2) is 4.98 Å². The smallest absolute Gasteiger partial charge is 0.303 e. The predicted octanol–water partition coefficient (Wildman–Crippen LogP) is 2.97. The predicted molar refractivity (Wildman–Crippen MR) is 77.9 cm³/mol. The molecule has 110 valence electrons. The van der Waals surface area contributed by atoms with Gasteiger partial charge in [0.15, 0.2) is 0 Å². The highest BCUT2D eigenvalue weighted by molar-refractivity contribution is 9.10. The number of pyridine rings is 1. The van der Waals surface area contributed by atoms with E-state index in [4.69, 9.17) is 5.11 Å². The lowest BCUT2D eigenvalue weighted by atomic mass is 10.0. The molecule has 1 heterocycles. The van der Waals surface area contributed by atoms with E-state index < -0.39 is 10.9 Å². The Balaban J connectivity index is 2.81. The monoisotopic (exact) mass is 345 g/mol. The zero-order chi connectivity index (χ0) is 15.3. The number of carboxylic acid groups (broad SMARTS) is 1. The van der Waals surface area contributed by atoms with Crippen LogP contribution in [-0.4, -0.2) is 27.5 Å². The van der Waals surface area contributed by atoms with Gasteiger partial charge in [-0.05, 0) is 28.8 Å². The molecule has 0 saturated carbocycles. The fourth-order valence-corrected chi connectivity index (χ4v) is 2.17. The third-order valence-corrected chi connectivity index (χ3v) is 4.00. The average molecular weight is 346 g/mol. The summed E-state index contributed by atoms with van der Waals surface area (Å²) in [7, 11) is 0. The van der Waals surface area contributed by atoms with Crippen LogP contribution in [0, 0.1) is 23.0 Å². The van der Waals surface area contributed by atoms with E-state index in [1.54, 1.807) is 6.92 Å². The molecule has 1 unspecified atom stereocenters. The average Bonchev–Trinajstić information content (AvgIpc) is 2.37. The molecule has 8 heteroatoms. The van der Waals surface area contributed by atoms with Gasteiger partial charge in [0, 0.05) is 18.5 Å². The van der Waals surface area contributed by atoms with Crippen molar-refractivity contribution in [3.05, 3.63) is 26.3 Å². The number of rotatable bonds is 7. The molecule has 0 radical (unpaired) electrons. The number of halogens is 1. The van der Waals surface area contributed by atoms with Crippen molar-refractivity contribution in [3.8, 4) is 0 Å². The van der Waals surface area contributed by atoms with Gasteiger partial charge < -0.3 is 10.4 Å². The van der Waals surface area contributed by atoms with E-state index >= 15 is 0 Å². The third kappa shape index (κ3) is 4.16. The van der Waals surface area contributed by atoms with Gasteiger partial charge in [0.05, 0.1) is 9.40 Å². The second kappa shape index (κ2) is 7.18. The van der Waals surface area contributed by atoms with Crippen molar-refractivity contribution in [2.45, 2.75) is 26.7 Å². The minimum absolute atomic E-state index is 0.0169. The van der Waals surface area contributed by atoms with Crippen LogP contribution in [0.4, 0.5) is 11.5 Å². The summed E-state index contributed by atoms with van der Waals surface area (Å²) in [6.07, 6.45) is 2.00. The normalized spacial score (nSPS) is 11.9. The lowest BCUT2D eigenvalue weighted by Crippen LogP contribution is -2.18. The molecule has 0 saturated heterocycles. The number of hydrogen-bond donors (Lipinski definition) is 2. The molecule has 20 heavy (non-hydrogen) atoms. The highest BCUT2D eigenvalue weighted by Gasteiger charge is 2.18. The topological polar surface area (TPSA) is 105 Å². The van der Waals surface area contributed by atoms with Crippen molar-refractivity contribution >= 4 is 33.4 Å². The van der Waals surface area contributed by atoms with Crippen LogP contribution < -0.4 is 5.32 Å². The maximum absolute atomic E-state index is 10.8. The Morgan fingerprint density at radius 1 is 1.65 bits per heavy atom. The van der Waals surface area contributed by atoms with Crippen LogP contribution in [0.25, 0.3) is 0 Å². The van der Waals surface area contributed by atoms with Crippen LogP contribution in [0.2, 0.25) is 0 Å². The minimum atomic E-state index is -0.842. The molecule has 0 spiro atoms. The number of carbonyl (C=O) groups is 1. The molecule has 0 aliphatic heterocycles. The zero-order valence-corrected chi connectivity index (χ0v) is 12.8. The van der Waals surface area contributed by atoms with E-state index in [2.05, 4.69) is 26.2 Å². The quantitative estimate of drug-likeness (QED) is 0.581. The molecule has 0 amide bonds. The maximum Gasteiger partial charge on any atom is 0.303 e. The number of nitrogens with zero attached hydrogens (tertiary/aromatic N) is 2. The Labute approximate surface area is 124 Å². The summed E-state index contributed by atoms with van der Waals surface area (Å²) < 4.78 is 0.525. The number of hydrogen-bond acceptors (Lipinski definition) is 5. The number of aromatic nitrogens is 1. The molecule has 0 aromatic carbocycles. The first-order chi connectivity index (χ1) is 9.36. The van der Waals surface area contributed by atoms with Gasteiger partial charge in [0.2, 0.25) is 0 Å². The van der Waals surface area contributed by atoms with E-state index in [-0.39, 0.29) is 18.0 Å². The van der Waals surface area contributed by atoms with Crippen LogP contribution in [0.15, 0.2) is 10.7 Å². The van der Waals surface area contributed by atoms with Crippen molar-refractivity contribution in [1.82, 2.24) is 4.98 Å². The largest absolute Gasteiger partial charge is 0.481 e. The van der Waals surface area contributed by atoms with Gasteiger partial charge in [0.1, 0.15) is 12.0 Å². The molecule has 1 atom stereocenters. The second-order valence-corrected chi connectivity index (χ2v) is 5.23. The lowest BCUT2D eigenvalue weighted by Gasteiger charge is -2.15. The molecule has 1 aromatic heterocycles. The Bertz CT molecular complexity index is 522. The van der Waals surface area contributed by atoms with Gasteiger partial charge in [-0.3, -0.25) is 14.9 Å². The van der Waals surface area contributed by atoms with Crippen molar-refractivity contribution < 1.29 is 14.8 Å². The van der Waals surface area contributed by atoms with Gasteiger partial charge in [-0.1, -0.05) is 13.3 Å². The van der Waals surface area contributed by atoms with Gasteiger partial charge in [-0.15, -0.1) is 0 Å². The van der Waals surface area contributed by atoms with E-state index in [1.165, 1.54) is 6.20 Å². The minimum Gasteiger partial charge on any atom is -0.481 e. The fourth-order valence-electron chi connectivity index (χ4n) is 1.73. The lowest BCUT2D eigenvalue weighted by molar-refractivity contribution is -0.385. The molecule has 1 aromatic rings. The first-order valence-corrected chi connectivity index (χ1v) is 6.91. The standard InChI is InChI=1S/C12H16BrN3O4/c1-3-8(4-10(17)18)5-14-12-11(13)7(2)9(6-15-12)16(19)20/h6,8H,3-5H2,1-2H3,(H,14,15)(H,17,18). The number of nitro groups is 1. The van der Waals surface area contributed by atoms with Crippen molar-refractivity contribution in [1.29, 1.82) is 0 Å². The Kier molecular flexibility index (Phi) is 5.87. The van der Waals surface area contributed by atoms with Crippen molar-refractivity contribution in [2.24, 2.45) is 5.92 Å². The maximum atomic E-state index is 10.8. The Hall–Kier alpha value is -1.70. The molecule has 7 nitrogen and oxygen atoms in total. The Morgan fingerprint density at radius 2 is 2.30 bits per heavy atom. The summed E-state index contributed by atoms with van der Waals surface area (Å²) in [4.78, 5) is 25.0. The number of nitrogens with one attached hydrogen (secondary N) is 1. The van der Waals surface area contributed by atoms with E-state index in [9.17, 15) is 14.9 Å². The van der Waals surface area contributed by atoms with Crippen LogP contribution in [-0.2, 0) is 4.79 Å². The van der Waals surface area contributed by atoms with Crippen molar-refractivity contribution in [2.75, 3.05) is 11.9 Å². The molecule has 0 aliphatic carbocycles. The first-order valence-electron chi connectivity index (χ1n) is 6.11. The van der Waals surface area contributed by atoms with Gasteiger partial charge in [0.25, 0.3) is 5.69 Å². The van der Waals surface area contributed by atoms with Crippen LogP contribution in [0.5, 0.6) is 0 Å². The Morgan fingerprint density at radius 3 is 2.80 bits per heavy atom. The highest BCUT2D eigenvalue weighted by Crippen LogP contribution is 2.30. The van der Waals surface area contributed by atoms with Crippen molar-refractivity contribution in [3.63, 3.8) is 0 Å². The van der Waals surface area contributed by atoms with Crippen LogP contribution in [0.3, 0.4) is 0 Å². The van der Waals surface area contributed by atoms with Gasteiger partial charge >= 0.3 is 5.97 Å². The van der Waals surface area contributed by atoms with Crippen LogP contribution >= 0.6 is 15.9 Å². The summed E-state index contributed by atoms with van der Waals surface area (Å²) in [5, 5.41) is 22.6. The molecule has 0 aliphatic rings. The molecule has 0 fully saturated rings. The molecule has 0 bridgehead atoms.